The highest BCUT2D eigenvalue weighted by molar-refractivity contribution is 5.79. The topological polar surface area (TPSA) is 58.2 Å². The lowest BCUT2D eigenvalue weighted by Gasteiger charge is -2.38. The second-order valence-electron chi connectivity index (χ2n) is 8.13. The minimum atomic E-state index is 0.112. The van der Waals surface area contributed by atoms with E-state index in [1.165, 1.54) is 6.42 Å². The fourth-order valence-corrected chi connectivity index (χ4v) is 4.33. The van der Waals surface area contributed by atoms with E-state index in [2.05, 4.69) is 31.4 Å². The molecule has 1 heterocycles. The van der Waals surface area contributed by atoms with Gasteiger partial charge in [-0.25, -0.2) is 0 Å². The monoisotopic (exact) mass is 294 g/mol. The van der Waals surface area contributed by atoms with Crippen molar-refractivity contribution >= 4 is 11.8 Å². The van der Waals surface area contributed by atoms with Crippen LogP contribution in [0.3, 0.4) is 0 Å². The Morgan fingerprint density at radius 1 is 1.29 bits per heavy atom. The summed E-state index contributed by atoms with van der Waals surface area (Å²) in [5, 5.41) is 6.03. The fourth-order valence-electron chi connectivity index (χ4n) is 4.33. The Labute approximate surface area is 128 Å². The van der Waals surface area contributed by atoms with Crippen molar-refractivity contribution in [2.75, 3.05) is 6.54 Å². The third kappa shape index (κ3) is 4.72. The van der Waals surface area contributed by atoms with Crippen molar-refractivity contribution in [2.45, 2.75) is 65.8 Å². The van der Waals surface area contributed by atoms with Crippen LogP contribution in [0.1, 0.15) is 59.8 Å². The quantitative estimate of drug-likeness (QED) is 0.840. The van der Waals surface area contributed by atoms with Crippen molar-refractivity contribution in [3.05, 3.63) is 0 Å². The maximum Gasteiger partial charge on any atom is 0.223 e. The van der Waals surface area contributed by atoms with Gasteiger partial charge >= 0.3 is 0 Å². The molecule has 2 amide bonds. The van der Waals surface area contributed by atoms with Crippen molar-refractivity contribution in [2.24, 2.45) is 23.2 Å². The highest BCUT2D eigenvalue weighted by Gasteiger charge is 2.35. The van der Waals surface area contributed by atoms with E-state index in [-0.39, 0.29) is 35.1 Å². The van der Waals surface area contributed by atoms with Crippen LogP contribution in [0.15, 0.2) is 0 Å². The first-order valence-corrected chi connectivity index (χ1v) is 8.32. The number of carbonyl (C=O) groups is 2. The van der Waals surface area contributed by atoms with E-state index in [0.29, 0.717) is 18.9 Å². The van der Waals surface area contributed by atoms with Gasteiger partial charge in [0.15, 0.2) is 0 Å². The lowest BCUT2D eigenvalue weighted by Crippen LogP contribution is -2.45. The average Bonchev–Trinajstić information content (AvgIpc) is 2.32. The van der Waals surface area contributed by atoms with Crippen molar-refractivity contribution in [3.8, 4) is 0 Å². The molecule has 21 heavy (non-hydrogen) atoms. The predicted octanol–water partition coefficient (Wildman–Crippen LogP) is 2.48. The van der Waals surface area contributed by atoms with Crippen LogP contribution in [0, 0.1) is 23.2 Å². The largest absolute Gasteiger partial charge is 0.356 e. The van der Waals surface area contributed by atoms with Gasteiger partial charge in [0, 0.05) is 24.9 Å². The van der Waals surface area contributed by atoms with Gasteiger partial charge in [0.25, 0.3) is 0 Å². The molecule has 0 bridgehead atoms. The van der Waals surface area contributed by atoms with E-state index in [1.54, 1.807) is 0 Å². The average molecular weight is 294 g/mol. The van der Waals surface area contributed by atoms with E-state index in [0.717, 1.165) is 19.3 Å². The fraction of sp³-hybridized carbons (Fsp3) is 0.882. The van der Waals surface area contributed by atoms with Gasteiger partial charge in [0.05, 0.1) is 0 Å². The van der Waals surface area contributed by atoms with Crippen LogP contribution in [-0.2, 0) is 9.59 Å². The Hall–Kier alpha value is -1.06. The van der Waals surface area contributed by atoms with Gasteiger partial charge in [-0.3, -0.25) is 9.59 Å². The smallest absolute Gasteiger partial charge is 0.223 e. The highest BCUT2D eigenvalue weighted by Crippen LogP contribution is 2.41. The number of amides is 2. The predicted molar refractivity (Wildman–Crippen MR) is 83.6 cm³/mol. The van der Waals surface area contributed by atoms with E-state index in [4.69, 9.17) is 0 Å². The summed E-state index contributed by atoms with van der Waals surface area (Å²) in [4.78, 5) is 24.0. The Kier molecular flexibility index (Phi) is 4.95. The first kappa shape index (κ1) is 16.3. The highest BCUT2D eigenvalue weighted by atomic mass is 16.2. The summed E-state index contributed by atoms with van der Waals surface area (Å²) < 4.78 is 0. The molecule has 4 heteroatoms. The van der Waals surface area contributed by atoms with Crippen LogP contribution in [0.4, 0.5) is 0 Å². The number of rotatable bonds is 3. The lowest BCUT2D eigenvalue weighted by molar-refractivity contribution is -0.129. The molecule has 2 fully saturated rings. The SMILES string of the molecule is CC1CC(C(=O)NCC2CC(=O)NC(C)C2)CC(C)(C)C1. The first-order chi connectivity index (χ1) is 9.75. The van der Waals surface area contributed by atoms with Crippen LogP contribution in [0.5, 0.6) is 0 Å². The summed E-state index contributed by atoms with van der Waals surface area (Å²) in [7, 11) is 0. The molecule has 1 saturated heterocycles. The summed E-state index contributed by atoms with van der Waals surface area (Å²) >= 11 is 0. The number of hydrogen-bond donors (Lipinski definition) is 2. The van der Waals surface area contributed by atoms with Crippen LogP contribution in [0.25, 0.3) is 0 Å². The second-order valence-corrected chi connectivity index (χ2v) is 8.13. The minimum absolute atomic E-state index is 0.112. The summed E-state index contributed by atoms with van der Waals surface area (Å²) in [5.41, 5.74) is 0.263. The molecule has 1 aliphatic heterocycles. The molecule has 0 radical (unpaired) electrons. The Morgan fingerprint density at radius 2 is 2.00 bits per heavy atom. The third-order valence-corrected chi connectivity index (χ3v) is 4.89. The molecule has 0 spiro atoms. The molecular formula is C17H30N2O2. The van der Waals surface area contributed by atoms with Crippen LogP contribution >= 0.6 is 0 Å². The third-order valence-electron chi connectivity index (χ3n) is 4.89. The summed E-state index contributed by atoms with van der Waals surface area (Å²) in [6.45, 7) is 9.43. The van der Waals surface area contributed by atoms with Gasteiger partial charge in [-0.05, 0) is 49.9 Å². The molecule has 0 aromatic heterocycles. The van der Waals surface area contributed by atoms with Gasteiger partial charge in [0.1, 0.15) is 0 Å². The molecule has 120 valence electrons. The molecule has 1 saturated carbocycles. The Morgan fingerprint density at radius 3 is 2.62 bits per heavy atom. The molecule has 0 aromatic rings. The molecular weight excluding hydrogens is 264 g/mol. The molecule has 2 N–H and O–H groups in total. The molecule has 0 aromatic carbocycles. The summed E-state index contributed by atoms with van der Waals surface area (Å²) in [5.74, 6) is 1.34. The van der Waals surface area contributed by atoms with Crippen molar-refractivity contribution in [1.29, 1.82) is 0 Å². The first-order valence-electron chi connectivity index (χ1n) is 8.32. The molecule has 2 rings (SSSR count). The summed E-state index contributed by atoms with van der Waals surface area (Å²) in [6.07, 6.45) is 4.68. The maximum atomic E-state index is 12.4. The zero-order valence-electron chi connectivity index (χ0n) is 13.9. The number of hydrogen-bond acceptors (Lipinski definition) is 2. The van der Waals surface area contributed by atoms with Crippen molar-refractivity contribution in [1.82, 2.24) is 10.6 Å². The van der Waals surface area contributed by atoms with Gasteiger partial charge in [-0.15, -0.1) is 0 Å². The number of nitrogens with one attached hydrogen (secondary N) is 2. The normalized spacial score (nSPS) is 35.9. The second kappa shape index (κ2) is 6.37. The van der Waals surface area contributed by atoms with Crippen molar-refractivity contribution < 1.29 is 9.59 Å². The van der Waals surface area contributed by atoms with E-state index in [1.807, 2.05) is 6.92 Å². The van der Waals surface area contributed by atoms with Gasteiger partial charge in [0.2, 0.25) is 11.8 Å². The minimum Gasteiger partial charge on any atom is -0.356 e. The molecule has 2 aliphatic rings. The standard InChI is InChI=1S/C17H30N2O2/c1-11-5-14(9-17(3,4)8-11)16(21)18-10-13-6-12(2)19-15(20)7-13/h11-14H,5-10H2,1-4H3,(H,18,21)(H,19,20). The van der Waals surface area contributed by atoms with Crippen molar-refractivity contribution in [3.63, 3.8) is 0 Å². The summed E-state index contributed by atoms with van der Waals surface area (Å²) in [6, 6.07) is 0.224. The van der Waals surface area contributed by atoms with Crippen LogP contribution in [-0.4, -0.2) is 24.4 Å². The number of carbonyl (C=O) groups excluding carboxylic acids is 2. The molecule has 4 nitrogen and oxygen atoms in total. The van der Waals surface area contributed by atoms with E-state index in [9.17, 15) is 9.59 Å². The zero-order chi connectivity index (χ0) is 15.6. The van der Waals surface area contributed by atoms with Crippen LogP contribution in [0.2, 0.25) is 0 Å². The molecule has 4 unspecified atom stereocenters. The van der Waals surface area contributed by atoms with Crippen LogP contribution < -0.4 is 10.6 Å². The molecule has 1 aliphatic carbocycles. The van der Waals surface area contributed by atoms with Gasteiger partial charge < -0.3 is 10.6 Å². The molecule has 4 atom stereocenters. The lowest BCUT2D eigenvalue weighted by atomic mass is 9.68. The van der Waals surface area contributed by atoms with Gasteiger partial charge in [-0.2, -0.15) is 0 Å². The zero-order valence-corrected chi connectivity index (χ0v) is 13.9. The maximum absolute atomic E-state index is 12.4. The number of piperidine rings is 1. The van der Waals surface area contributed by atoms with E-state index >= 15 is 0 Å². The van der Waals surface area contributed by atoms with E-state index < -0.39 is 0 Å². The van der Waals surface area contributed by atoms with Gasteiger partial charge in [-0.1, -0.05) is 20.8 Å². The Balaban J connectivity index is 1.82. The Bertz CT molecular complexity index is 406.